The second kappa shape index (κ2) is 7.45. The first-order valence-corrected chi connectivity index (χ1v) is 9.62. The first-order valence-electron chi connectivity index (χ1n) is 9.24. The van der Waals surface area contributed by atoms with E-state index in [0.29, 0.717) is 35.7 Å². The summed E-state index contributed by atoms with van der Waals surface area (Å²) in [4.78, 5) is 26.6. The van der Waals surface area contributed by atoms with Gasteiger partial charge in [0.25, 0.3) is 0 Å². The van der Waals surface area contributed by atoms with Gasteiger partial charge in [-0.25, -0.2) is 0 Å². The lowest BCUT2D eigenvalue weighted by atomic mass is 10.1. The molecule has 1 aliphatic carbocycles. The van der Waals surface area contributed by atoms with E-state index < -0.39 is 0 Å². The number of nitrogens with one attached hydrogen (secondary N) is 1. The van der Waals surface area contributed by atoms with E-state index in [1.807, 2.05) is 4.90 Å². The third-order valence-electron chi connectivity index (χ3n) is 5.17. The van der Waals surface area contributed by atoms with E-state index in [0.717, 1.165) is 32.3 Å². The monoisotopic (exact) mass is 378 g/mol. The van der Waals surface area contributed by atoms with Gasteiger partial charge in [-0.15, -0.1) is 0 Å². The summed E-state index contributed by atoms with van der Waals surface area (Å²) < 4.78 is 11.4. The highest BCUT2D eigenvalue weighted by atomic mass is 35.5. The molecule has 1 aromatic rings. The number of benzene rings is 1. The van der Waals surface area contributed by atoms with Crippen LogP contribution in [0.4, 0.5) is 5.69 Å². The Kier molecular flexibility index (Phi) is 5.05. The van der Waals surface area contributed by atoms with Crippen molar-refractivity contribution in [3.8, 4) is 5.75 Å². The number of nitrogens with zero attached hydrogens (tertiary/aromatic N) is 1. The molecule has 2 aliphatic heterocycles. The van der Waals surface area contributed by atoms with Gasteiger partial charge in [-0.05, 0) is 43.9 Å². The molecule has 1 N–H and O–H groups in total. The zero-order chi connectivity index (χ0) is 18.1. The molecule has 3 aliphatic rings. The number of hydrogen-bond donors (Lipinski definition) is 1. The van der Waals surface area contributed by atoms with Crippen LogP contribution < -0.4 is 10.1 Å². The first kappa shape index (κ1) is 17.6. The lowest BCUT2D eigenvalue weighted by Crippen LogP contribution is -2.30. The molecule has 2 unspecified atom stereocenters. The number of likely N-dealkylation sites (tertiary alicyclic amines) is 1. The molecule has 0 aromatic heterocycles. The molecule has 2 saturated heterocycles. The Labute approximate surface area is 157 Å². The highest BCUT2D eigenvalue weighted by Gasteiger charge is 2.41. The van der Waals surface area contributed by atoms with E-state index in [2.05, 4.69) is 5.32 Å². The second-order valence-electron chi connectivity index (χ2n) is 7.25. The van der Waals surface area contributed by atoms with Gasteiger partial charge in [0.1, 0.15) is 12.4 Å². The lowest BCUT2D eigenvalue weighted by molar-refractivity contribution is -0.128. The molecule has 4 rings (SSSR count). The van der Waals surface area contributed by atoms with Gasteiger partial charge in [-0.1, -0.05) is 11.6 Å². The van der Waals surface area contributed by atoms with Gasteiger partial charge < -0.3 is 19.7 Å². The van der Waals surface area contributed by atoms with Crippen molar-refractivity contribution in [1.29, 1.82) is 0 Å². The fraction of sp³-hybridized carbons (Fsp3) is 0.579. The van der Waals surface area contributed by atoms with E-state index in [1.54, 1.807) is 18.2 Å². The second-order valence-corrected chi connectivity index (χ2v) is 7.69. The van der Waals surface area contributed by atoms with Crippen LogP contribution in [-0.4, -0.2) is 48.6 Å². The summed E-state index contributed by atoms with van der Waals surface area (Å²) in [5, 5.41) is 3.42. The van der Waals surface area contributed by atoms with Crippen LogP contribution in [0.5, 0.6) is 5.75 Å². The summed E-state index contributed by atoms with van der Waals surface area (Å²) in [6.07, 6.45) is 4.50. The van der Waals surface area contributed by atoms with E-state index in [-0.39, 0.29) is 30.3 Å². The van der Waals surface area contributed by atoms with E-state index >= 15 is 0 Å². The highest BCUT2D eigenvalue weighted by molar-refractivity contribution is 6.31. The number of carbonyl (C=O) groups is 2. The van der Waals surface area contributed by atoms with E-state index in [4.69, 9.17) is 21.1 Å². The maximum absolute atomic E-state index is 12.7. The number of halogens is 1. The van der Waals surface area contributed by atoms with Crippen LogP contribution in [0, 0.1) is 5.92 Å². The van der Waals surface area contributed by atoms with Crippen LogP contribution in [0.2, 0.25) is 5.02 Å². The normalized spacial score (nSPS) is 25.6. The molecule has 2 atom stereocenters. The average molecular weight is 379 g/mol. The van der Waals surface area contributed by atoms with Crippen molar-refractivity contribution in [1.82, 2.24) is 4.90 Å². The quantitative estimate of drug-likeness (QED) is 0.826. The number of amides is 2. The van der Waals surface area contributed by atoms with Crippen molar-refractivity contribution >= 4 is 29.1 Å². The number of anilines is 1. The van der Waals surface area contributed by atoms with Crippen molar-refractivity contribution in [2.45, 2.75) is 44.2 Å². The molecule has 0 bridgehead atoms. The third kappa shape index (κ3) is 3.96. The average Bonchev–Trinajstić information content (AvgIpc) is 3.17. The summed E-state index contributed by atoms with van der Waals surface area (Å²) >= 11 is 6.09. The molecule has 26 heavy (non-hydrogen) atoms. The van der Waals surface area contributed by atoms with Gasteiger partial charge in [0.05, 0.1) is 17.7 Å². The van der Waals surface area contributed by atoms with Crippen molar-refractivity contribution in [2.75, 3.05) is 25.1 Å². The molecule has 1 aromatic carbocycles. The van der Waals surface area contributed by atoms with Crippen LogP contribution in [-0.2, 0) is 14.3 Å². The summed E-state index contributed by atoms with van der Waals surface area (Å²) in [6, 6.07) is 5.51. The minimum atomic E-state index is -0.326. The molecule has 1 saturated carbocycles. The standard InChI is InChI=1S/C19H23ClN2O4/c20-13-3-6-17(26-11-15-2-1-7-25-15)16(9-13)21-19(24)12-8-18(23)22(10-12)14-4-5-14/h3,6,9,12,14-15H,1-2,4-5,7-8,10-11H2,(H,21,24). The Balaban J connectivity index is 1.40. The minimum absolute atomic E-state index is 0.0774. The van der Waals surface area contributed by atoms with Crippen LogP contribution in [0.25, 0.3) is 0 Å². The number of hydrogen-bond acceptors (Lipinski definition) is 4. The molecule has 7 heteroatoms. The van der Waals surface area contributed by atoms with Gasteiger partial charge in [0.2, 0.25) is 11.8 Å². The van der Waals surface area contributed by atoms with Crippen molar-refractivity contribution in [2.24, 2.45) is 5.92 Å². The van der Waals surface area contributed by atoms with Crippen LogP contribution in [0.15, 0.2) is 18.2 Å². The lowest BCUT2D eigenvalue weighted by Gasteiger charge is -2.17. The summed E-state index contributed by atoms with van der Waals surface area (Å²) in [5.41, 5.74) is 0.540. The maximum atomic E-state index is 12.7. The fourth-order valence-electron chi connectivity index (χ4n) is 3.57. The zero-order valence-electron chi connectivity index (χ0n) is 14.6. The smallest absolute Gasteiger partial charge is 0.229 e. The van der Waals surface area contributed by atoms with E-state index in [1.165, 1.54) is 0 Å². The Bertz CT molecular complexity index is 701. The van der Waals surface area contributed by atoms with Crippen molar-refractivity contribution in [3.63, 3.8) is 0 Å². The number of ether oxygens (including phenoxy) is 2. The predicted octanol–water partition coefficient (Wildman–Crippen LogP) is 2.85. The van der Waals surface area contributed by atoms with Crippen LogP contribution in [0.1, 0.15) is 32.1 Å². The predicted molar refractivity (Wildman–Crippen MR) is 97.4 cm³/mol. The Morgan fingerprint density at radius 3 is 2.92 bits per heavy atom. The Morgan fingerprint density at radius 1 is 1.35 bits per heavy atom. The van der Waals surface area contributed by atoms with Crippen LogP contribution in [0.3, 0.4) is 0 Å². The number of carbonyl (C=O) groups excluding carboxylic acids is 2. The maximum Gasteiger partial charge on any atom is 0.229 e. The minimum Gasteiger partial charge on any atom is -0.489 e. The molecule has 3 fully saturated rings. The zero-order valence-corrected chi connectivity index (χ0v) is 15.3. The molecule has 2 amide bonds. The molecular weight excluding hydrogens is 356 g/mol. The first-order chi connectivity index (χ1) is 12.6. The van der Waals surface area contributed by atoms with Gasteiger partial charge in [0, 0.05) is 30.6 Å². The molecule has 2 heterocycles. The van der Waals surface area contributed by atoms with Crippen LogP contribution >= 0.6 is 11.6 Å². The van der Waals surface area contributed by atoms with E-state index in [9.17, 15) is 9.59 Å². The molecule has 140 valence electrons. The van der Waals surface area contributed by atoms with Gasteiger partial charge >= 0.3 is 0 Å². The molecule has 0 spiro atoms. The summed E-state index contributed by atoms with van der Waals surface area (Å²) in [6.45, 7) is 1.72. The Hall–Kier alpha value is -1.79. The number of rotatable bonds is 6. The summed E-state index contributed by atoms with van der Waals surface area (Å²) in [5.74, 6) is 0.161. The largest absolute Gasteiger partial charge is 0.489 e. The molecular formula is C19H23ClN2O4. The fourth-order valence-corrected chi connectivity index (χ4v) is 3.74. The topological polar surface area (TPSA) is 67.9 Å². The van der Waals surface area contributed by atoms with Crippen molar-refractivity contribution < 1.29 is 19.1 Å². The Morgan fingerprint density at radius 2 is 2.19 bits per heavy atom. The molecule has 6 nitrogen and oxygen atoms in total. The molecule has 0 radical (unpaired) electrons. The van der Waals surface area contributed by atoms with Crippen molar-refractivity contribution in [3.05, 3.63) is 23.2 Å². The van der Waals surface area contributed by atoms with Gasteiger partial charge in [0.15, 0.2) is 0 Å². The van der Waals surface area contributed by atoms with Gasteiger partial charge in [-0.3, -0.25) is 9.59 Å². The van der Waals surface area contributed by atoms with Gasteiger partial charge in [-0.2, -0.15) is 0 Å². The highest BCUT2D eigenvalue weighted by Crippen LogP contribution is 2.34. The summed E-state index contributed by atoms with van der Waals surface area (Å²) in [7, 11) is 0. The SMILES string of the molecule is O=C(Nc1cc(Cl)ccc1OCC1CCCO1)C1CC(=O)N(C2CC2)C1. The third-order valence-corrected chi connectivity index (χ3v) is 5.40.